The van der Waals surface area contributed by atoms with Crippen LogP contribution in [0.4, 0.5) is 0 Å². The molecule has 172 valence electrons. The standard InChI is InChI=1S/C26H32O6/c1-22(2)16-12-18(28)25(5)15(23(16,3)9-7-17(22)27)6-10-24(4)19(14-8-11-30-13-14)31-21(29)20-26(24,25)32-20/h7-9,11,13,15-16,18-20,28H,6,10,12H2,1-5H3/t15-,16+,18-,19+,20+,23+,24-,25+,26+/m0/s1. The highest BCUT2D eigenvalue weighted by Crippen LogP contribution is 2.79. The highest BCUT2D eigenvalue weighted by molar-refractivity contribution is 5.95. The zero-order valence-corrected chi connectivity index (χ0v) is 19.4. The number of esters is 1. The molecule has 2 saturated carbocycles. The number of ketones is 1. The molecule has 0 amide bonds. The lowest BCUT2D eigenvalue weighted by Crippen LogP contribution is -2.72. The van der Waals surface area contributed by atoms with E-state index in [-0.39, 0.29) is 29.0 Å². The molecule has 1 aromatic heterocycles. The highest BCUT2D eigenvalue weighted by atomic mass is 16.7. The Bertz CT molecular complexity index is 1040. The predicted octanol–water partition coefficient (Wildman–Crippen LogP) is 3.99. The predicted molar refractivity (Wildman–Crippen MR) is 114 cm³/mol. The van der Waals surface area contributed by atoms with Crippen molar-refractivity contribution >= 4 is 11.8 Å². The molecule has 32 heavy (non-hydrogen) atoms. The number of aliphatic hydroxyl groups is 1. The number of carbonyl (C=O) groups excluding carboxylic acids is 2. The average Bonchev–Trinajstić information content (AvgIpc) is 3.30. The quantitative estimate of drug-likeness (QED) is 0.525. The fourth-order valence-electron chi connectivity index (χ4n) is 8.86. The van der Waals surface area contributed by atoms with E-state index in [0.29, 0.717) is 6.42 Å². The summed E-state index contributed by atoms with van der Waals surface area (Å²) in [5, 5.41) is 11.8. The van der Waals surface area contributed by atoms with Crippen molar-refractivity contribution in [3.63, 3.8) is 0 Å². The number of furan rings is 1. The Kier molecular flexibility index (Phi) is 3.72. The largest absolute Gasteiger partial charge is 0.472 e. The normalized spacial score (nSPS) is 52.9. The number of hydrogen-bond donors (Lipinski definition) is 1. The summed E-state index contributed by atoms with van der Waals surface area (Å²) in [5.41, 5.74) is -1.95. The third-order valence-electron chi connectivity index (χ3n) is 10.6. The van der Waals surface area contributed by atoms with Gasteiger partial charge in [0.2, 0.25) is 0 Å². The molecule has 4 fully saturated rings. The molecule has 3 heterocycles. The number of epoxide rings is 1. The van der Waals surface area contributed by atoms with Crippen LogP contribution in [0.5, 0.6) is 0 Å². The fourth-order valence-corrected chi connectivity index (χ4v) is 8.86. The summed E-state index contributed by atoms with van der Waals surface area (Å²) < 4.78 is 17.6. The van der Waals surface area contributed by atoms with E-state index < -0.39 is 40.2 Å². The first kappa shape index (κ1) is 20.7. The van der Waals surface area contributed by atoms with Crippen LogP contribution in [0.2, 0.25) is 0 Å². The second kappa shape index (κ2) is 5.76. The minimum absolute atomic E-state index is 0.0266. The van der Waals surface area contributed by atoms with Gasteiger partial charge in [-0.2, -0.15) is 0 Å². The lowest BCUT2D eigenvalue weighted by atomic mass is 9.36. The van der Waals surface area contributed by atoms with Gasteiger partial charge in [-0.05, 0) is 48.7 Å². The van der Waals surface area contributed by atoms with E-state index in [1.165, 1.54) is 0 Å². The summed E-state index contributed by atoms with van der Waals surface area (Å²) in [4.78, 5) is 25.8. The van der Waals surface area contributed by atoms with Gasteiger partial charge >= 0.3 is 5.97 Å². The smallest absolute Gasteiger partial charge is 0.339 e. The van der Waals surface area contributed by atoms with Gasteiger partial charge < -0.3 is 19.0 Å². The second-order valence-electron chi connectivity index (χ2n) is 12.0. The molecule has 0 aromatic carbocycles. The van der Waals surface area contributed by atoms with E-state index in [1.807, 2.05) is 19.9 Å². The van der Waals surface area contributed by atoms with Crippen LogP contribution in [0.1, 0.15) is 65.5 Å². The number of hydrogen-bond acceptors (Lipinski definition) is 6. The molecular weight excluding hydrogens is 408 g/mol. The number of allylic oxidation sites excluding steroid dienone is 2. The van der Waals surface area contributed by atoms with Gasteiger partial charge in [0.05, 0.1) is 18.6 Å². The molecule has 1 spiro atoms. The Morgan fingerprint density at radius 3 is 2.50 bits per heavy atom. The molecule has 0 unspecified atom stereocenters. The fraction of sp³-hybridized carbons (Fsp3) is 0.692. The maximum atomic E-state index is 13.0. The van der Waals surface area contributed by atoms with Gasteiger partial charge in [-0.15, -0.1) is 0 Å². The molecule has 9 atom stereocenters. The Morgan fingerprint density at radius 2 is 1.81 bits per heavy atom. The summed E-state index contributed by atoms with van der Waals surface area (Å²) in [5.74, 6) is -0.138. The average molecular weight is 441 g/mol. The van der Waals surface area contributed by atoms with Crippen molar-refractivity contribution in [2.75, 3.05) is 0 Å². The molecule has 1 N–H and O–H groups in total. The van der Waals surface area contributed by atoms with Crippen LogP contribution in [0.3, 0.4) is 0 Å². The van der Waals surface area contributed by atoms with E-state index in [4.69, 9.17) is 13.9 Å². The van der Waals surface area contributed by atoms with Crippen LogP contribution in [-0.2, 0) is 19.1 Å². The monoisotopic (exact) mass is 440 g/mol. The SMILES string of the molecule is CC1(C)C(=O)C=C[C@@]2(C)[C@@H]1C[C@H](O)[C@@]1(C)[C@H]2CC[C@@]2(C)[C@@H](c3ccoc3)OC(=O)[C@H]3O[C@@]312. The van der Waals surface area contributed by atoms with Gasteiger partial charge in [0.1, 0.15) is 11.7 Å². The van der Waals surface area contributed by atoms with Crippen LogP contribution in [0, 0.1) is 33.5 Å². The van der Waals surface area contributed by atoms with E-state index in [1.54, 1.807) is 18.6 Å². The van der Waals surface area contributed by atoms with Crippen molar-refractivity contribution in [1.29, 1.82) is 0 Å². The van der Waals surface area contributed by atoms with Crippen molar-refractivity contribution in [2.24, 2.45) is 33.5 Å². The number of ether oxygens (including phenoxy) is 2. The number of fused-ring (bicyclic) bond motifs is 3. The Balaban J connectivity index is 1.52. The van der Waals surface area contributed by atoms with Gasteiger partial charge in [0.15, 0.2) is 11.9 Å². The topological polar surface area (TPSA) is 89.3 Å². The molecule has 2 aliphatic heterocycles. The number of cyclic esters (lactones) is 1. The van der Waals surface area contributed by atoms with Crippen LogP contribution in [-0.4, -0.2) is 34.7 Å². The van der Waals surface area contributed by atoms with E-state index in [9.17, 15) is 14.7 Å². The lowest BCUT2D eigenvalue weighted by Gasteiger charge is -2.68. The van der Waals surface area contributed by atoms with Gasteiger partial charge in [-0.3, -0.25) is 4.79 Å². The molecule has 3 aliphatic carbocycles. The Hall–Kier alpha value is -1.92. The maximum absolute atomic E-state index is 13.0. The van der Waals surface area contributed by atoms with E-state index in [2.05, 4.69) is 26.8 Å². The van der Waals surface area contributed by atoms with Gasteiger partial charge in [-0.1, -0.05) is 40.7 Å². The second-order valence-corrected chi connectivity index (χ2v) is 12.0. The molecular formula is C26H32O6. The minimum atomic E-state index is -0.812. The first-order valence-corrected chi connectivity index (χ1v) is 11.8. The molecule has 2 saturated heterocycles. The molecule has 6 heteroatoms. The van der Waals surface area contributed by atoms with E-state index >= 15 is 0 Å². The molecule has 6 rings (SSSR count). The van der Waals surface area contributed by atoms with Crippen LogP contribution in [0.15, 0.2) is 35.2 Å². The molecule has 6 nitrogen and oxygen atoms in total. The summed E-state index contributed by atoms with van der Waals surface area (Å²) in [7, 11) is 0. The first-order chi connectivity index (χ1) is 14.9. The van der Waals surface area contributed by atoms with E-state index in [0.717, 1.165) is 18.4 Å². The van der Waals surface area contributed by atoms with Crippen molar-refractivity contribution in [1.82, 2.24) is 0 Å². The van der Waals surface area contributed by atoms with Crippen molar-refractivity contribution in [2.45, 2.75) is 77.8 Å². The minimum Gasteiger partial charge on any atom is -0.472 e. The Morgan fingerprint density at radius 1 is 1.06 bits per heavy atom. The van der Waals surface area contributed by atoms with Gasteiger partial charge in [0.25, 0.3) is 0 Å². The first-order valence-electron chi connectivity index (χ1n) is 11.8. The third-order valence-corrected chi connectivity index (χ3v) is 10.6. The third kappa shape index (κ3) is 1.98. The zero-order valence-electron chi connectivity index (χ0n) is 19.4. The van der Waals surface area contributed by atoms with Crippen molar-refractivity contribution in [3.05, 3.63) is 36.3 Å². The molecule has 0 bridgehead atoms. The summed E-state index contributed by atoms with van der Waals surface area (Å²) in [6.45, 7) is 10.5. The van der Waals surface area contributed by atoms with Crippen LogP contribution in [0.25, 0.3) is 0 Å². The zero-order chi connectivity index (χ0) is 22.9. The maximum Gasteiger partial charge on any atom is 0.339 e. The van der Waals surface area contributed by atoms with Crippen LogP contribution < -0.4 is 0 Å². The number of rotatable bonds is 1. The number of carbonyl (C=O) groups is 2. The highest BCUT2D eigenvalue weighted by Gasteiger charge is 2.87. The van der Waals surface area contributed by atoms with Crippen LogP contribution >= 0.6 is 0 Å². The summed E-state index contributed by atoms with van der Waals surface area (Å²) >= 11 is 0. The Labute approximate surface area is 188 Å². The summed E-state index contributed by atoms with van der Waals surface area (Å²) in [6, 6.07) is 1.85. The van der Waals surface area contributed by atoms with Gasteiger partial charge in [0, 0.05) is 21.8 Å². The van der Waals surface area contributed by atoms with Crippen molar-refractivity contribution in [3.8, 4) is 0 Å². The number of aliphatic hydroxyl groups excluding tert-OH is 1. The lowest BCUT2D eigenvalue weighted by molar-refractivity contribution is -0.246. The van der Waals surface area contributed by atoms with Gasteiger partial charge in [-0.25, -0.2) is 4.79 Å². The molecule has 5 aliphatic rings. The van der Waals surface area contributed by atoms with Crippen molar-refractivity contribution < 1.29 is 28.6 Å². The molecule has 1 aromatic rings. The molecule has 0 radical (unpaired) electrons. The summed E-state index contributed by atoms with van der Waals surface area (Å²) in [6.07, 6.45) is 7.39.